The molecule has 0 atom stereocenters. The normalized spacial score (nSPS) is 16.2. The summed E-state index contributed by atoms with van der Waals surface area (Å²) >= 11 is 0. The van der Waals surface area contributed by atoms with Crippen LogP contribution in [0.2, 0.25) is 0 Å². The average molecular weight is 620 g/mol. The van der Waals surface area contributed by atoms with Gasteiger partial charge >= 0.3 is 7.25 Å². The standard InChI is InChI=1S/C22H30N2.C8H12.BF4.Rh/c1-15-10-17(3)21(18(4)11-15)23-8-7-9-24(14-23)22-19(5)12-16(2)13-20(22)6;1-2-4-6-8-7-5-3-1;2-1(3,4)5;/h10-13H,7-9,14H2,1-6H3;1-2,7-8H,3-6H2;;/q;;-1;. The summed E-state index contributed by atoms with van der Waals surface area (Å²) in [4.78, 5) is 5.12. The van der Waals surface area contributed by atoms with Crippen LogP contribution in [0.5, 0.6) is 0 Å². The number of nitrogens with zero attached hydrogens (tertiary/aromatic N) is 2. The summed E-state index contributed by atoms with van der Waals surface area (Å²) in [5.74, 6) is 0. The molecule has 1 saturated carbocycles. The first-order chi connectivity index (χ1) is 17.4. The Hall–Kier alpha value is -1.55. The van der Waals surface area contributed by atoms with Gasteiger partial charge in [-0.3, -0.25) is 0 Å². The van der Waals surface area contributed by atoms with Crippen molar-refractivity contribution < 1.29 is 36.7 Å². The fourth-order valence-corrected chi connectivity index (χ4v) is 5.36. The van der Waals surface area contributed by atoms with Crippen molar-refractivity contribution >= 4 is 18.6 Å². The molecule has 2 fully saturated rings. The molecule has 4 rings (SSSR count). The van der Waals surface area contributed by atoms with Crippen LogP contribution in [0.1, 0.15) is 65.5 Å². The molecule has 213 valence electrons. The van der Waals surface area contributed by atoms with Crippen molar-refractivity contribution in [2.45, 2.75) is 73.6 Å². The van der Waals surface area contributed by atoms with Crippen LogP contribution in [-0.4, -0.2) is 27.0 Å². The molecule has 1 heterocycles. The van der Waals surface area contributed by atoms with Gasteiger partial charge in [-0.15, -0.1) is 0 Å². The quantitative estimate of drug-likeness (QED) is 0.245. The Balaban J connectivity index is 0.000000427. The maximum Gasteiger partial charge on any atom is 0.673 e. The Bertz CT molecular complexity index is 857. The van der Waals surface area contributed by atoms with E-state index in [4.69, 9.17) is 0 Å². The predicted molar refractivity (Wildman–Crippen MR) is 151 cm³/mol. The van der Waals surface area contributed by atoms with Crippen LogP contribution in [0.25, 0.3) is 0 Å². The summed E-state index contributed by atoms with van der Waals surface area (Å²) in [6.45, 7) is 16.6. The van der Waals surface area contributed by atoms with Crippen LogP contribution in [0.3, 0.4) is 0 Å². The van der Waals surface area contributed by atoms with Gasteiger partial charge in [0.2, 0.25) is 0 Å². The molecular formula is C30H42BF4N2Rh-. The third-order valence-corrected chi connectivity index (χ3v) is 6.43. The smallest absolute Gasteiger partial charge is 0.418 e. The third-order valence-electron chi connectivity index (χ3n) is 6.43. The Kier molecular flexibility index (Phi) is 15.0. The van der Waals surface area contributed by atoms with Gasteiger partial charge in [-0.2, -0.15) is 0 Å². The van der Waals surface area contributed by atoms with E-state index in [2.05, 4.69) is 101 Å². The van der Waals surface area contributed by atoms with Gasteiger partial charge in [-0.05, 0) is 122 Å². The van der Waals surface area contributed by atoms with Gasteiger partial charge in [0, 0.05) is 43.9 Å². The van der Waals surface area contributed by atoms with Crippen molar-refractivity contribution in [1.82, 2.24) is 0 Å². The fourth-order valence-electron chi connectivity index (χ4n) is 5.36. The molecule has 0 bridgehead atoms. The van der Waals surface area contributed by atoms with Crippen molar-refractivity contribution in [3.8, 4) is 0 Å². The van der Waals surface area contributed by atoms with Crippen molar-refractivity contribution in [2.75, 3.05) is 29.6 Å². The topological polar surface area (TPSA) is 6.48 Å². The molecule has 5 radical (unpaired) electrons. The molecule has 0 N–H and O–H groups in total. The first-order valence-corrected chi connectivity index (χ1v) is 13.2. The van der Waals surface area contributed by atoms with E-state index in [0.717, 1.165) is 19.8 Å². The molecule has 1 aliphatic carbocycles. The van der Waals surface area contributed by atoms with Gasteiger partial charge in [-0.25, -0.2) is 0 Å². The van der Waals surface area contributed by atoms with E-state index >= 15 is 0 Å². The average Bonchev–Trinajstić information content (AvgIpc) is 2.71. The molecule has 2 aliphatic rings. The number of halogens is 4. The molecule has 2 nitrogen and oxygen atoms in total. The number of anilines is 2. The largest absolute Gasteiger partial charge is 0.673 e. The van der Waals surface area contributed by atoms with Gasteiger partial charge in [0.1, 0.15) is 0 Å². The van der Waals surface area contributed by atoms with E-state index in [9.17, 15) is 17.3 Å². The van der Waals surface area contributed by atoms with E-state index in [1.807, 2.05) is 0 Å². The Morgan fingerprint density at radius 3 is 1.08 bits per heavy atom. The first kappa shape index (κ1) is 34.5. The number of benzene rings is 2. The van der Waals surface area contributed by atoms with Gasteiger partial charge in [0.25, 0.3) is 0 Å². The minimum Gasteiger partial charge on any atom is -0.418 e. The second-order valence-corrected chi connectivity index (χ2v) is 10.1. The molecule has 0 unspecified atom stereocenters. The summed E-state index contributed by atoms with van der Waals surface area (Å²) in [6, 6.07) is 9.24. The van der Waals surface area contributed by atoms with Crippen molar-refractivity contribution in [3.63, 3.8) is 0 Å². The summed E-state index contributed by atoms with van der Waals surface area (Å²) in [5.41, 5.74) is 11.1. The van der Waals surface area contributed by atoms with Crippen molar-refractivity contribution in [1.29, 1.82) is 0 Å². The van der Waals surface area contributed by atoms with Crippen LogP contribution in [0.15, 0.2) is 24.3 Å². The zero-order valence-corrected chi connectivity index (χ0v) is 25.2. The SMILES string of the molecule is Cc1cc(C)c(N2CCCN(c3c(C)cc(C)cc3C)C2)c(C)c1.F[B-](F)(F)F.[CH]1[CH]CC[CH][CH]CC1.[Rh]. The zero-order valence-electron chi connectivity index (χ0n) is 23.6. The molecule has 1 saturated heterocycles. The van der Waals surface area contributed by atoms with Crippen molar-refractivity contribution in [3.05, 3.63) is 83.3 Å². The van der Waals surface area contributed by atoms with Crippen LogP contribution >= 0.6 is 0 Å². The molecule has 0 aromatic heterocycles. The molecular weight excluding hydrogens is 578 g/mol. The van der Waals surface area contributed by atoms with Gasteiger partial charge in [0.15, 0.2) is 0 Å². The molecule has 2 aromatic rings. The van der Waals surface area contributed by atoms with E-state index in [1.54, 1.807) is 0 Å². The monoisotopic (exact) mass is 620 g/mol. The molecule has 2 aromatic carbocycles. The van der Waals surface area contributed by atoms with Crippen LogP contribution in [-0.2, 0) is 19.5 Å². The fraction of sp³-hybridized carbons (Fsp3) is 0.467. The van der Waals surface area contributed by atoms with Gasteiger partial charge in [-0.1, -0.05) is 35.4 Å². The van der Waals surface area contributed by atoms with E-state index in [-0.39, 0.29) is 19.5 Å². The van der Waals surface area contributed by atoms with Crippen LogP contribution in [0.4, 0.5) is 28.6 Å². The number of hydrogen-bond acceptors (Lipinski definition) is 2. The molecule has 0 spiro atoms. The molecule has 8 heteroatoms. The minimum atomic E-state index is -6.00. The number of aryl methyl sites for hydroxylation is 6. The Labute approximate surface area is 241 Å². The molecule has 1 aliphatic heterocycles. The van der Waals surface area contributed by atoms with Crippen LogP contribution < -0.4 is 9.80 Å². The first-order valence-electron chi connectivity index (χ1n) is 13.2. The molecule has 0 amide bonds. The summed E-state index contributed by atoms with van der Waals surface area (Å²) in [5, 5.41) is 0. The third kappa shape index (κ3) is 12.1. The maximum absolute atomic E-state index is 9.75. The van der Waals surface area contributed by atoms with Gasteiger partial charge < -0.3 is 27.1 Å². The summed E-state index contributed by atoms with van der Waals surface area (Å²) in [7, 11) is -6.00. The van der Waals surface area contributed by atoms with E-state index in [1.165, 1.54) is 76.9 Å². The predicted octanol–water partition coefficient (Wildman–Crippen LogP) is 8.89. The number of hydrogen-bond donors (Lipinski definition) is 0. The van der Waals surface area contributed by atoms with Gasteiger partial charge in [0.05, 0.1) is 6.67 Å². The van der Waals surface area contributed by atoms with E-state index in [0.29, 0.717) is 0 Å². The van der Waals surface area contributed by atoms with Crippen molar-refractivity contribution in [2.24, 2.45) is 0 Å². The molecule has 38 heavy (non-hydrogen) atoms. The second kappa shape index (κ2) is 16.5. The summed E-state index contributed by atoms with van der Waals surface area (Å²) in [6.07, 6.45) is 15.2. The second-order valence-electron chi connectivity index (χ2n) is 10.1. The Morgan fingerprint density at radius 2 is 0.816 bits per heavy atom. The number of rotatable bonds is 2. The Morgan fingerprint density at radius 1 is 0.553 bits per heavy atom. The summed E-state index contributed by atoms with van der Waals surface area (Å²) < 4.78 is 39.0. The minimum absolute atomic E-state index is 0. The maximum atomic E-state index is 9.75. The zero-order chi connectivity index (χ0) is 27.6. The van der Waals surface area contributed by atoms with Crippen LogP contribution in [0, 0.1) is 67.2 Å². The van der Waals surface area contributed by atoms with E-state index < -0.39 is 7.25 Å².